The minimum absolute atomic E-state index is 0.132. The molecule has 1 aliphatic carbocycles. The van der Waals surface area contributed by atoms with Gasteiger partial charge in [0.15, 0.2) is 5.17 Å². The van der Waals surface area contributed by atoms with Gasteiger partial charge in [0.1, 0.15) is 11.9 Å². The number of amides is 1. The van der Waals surface area contributed by atoms with Crippen LogP contribution in [0, 0.1) is 0 Å². The Morgan fingerprint density at radius 2 is 2.20 bits per heavy atom. The maximum Gasteiger partial charge on any atom is 0.313 e. The van der Waals surface area contributed by atoms with Crippen molar-refractivity contribution in [3.8, 4) is 0 Å². The number of carboxylic acid groups (broad SMARTS) is 1. The zero-order chi connectivity index (χ0) is 14.7. The van der Waals surface area contributed by atoms with Crippen molar-refractivity contribution in [2.24, 2.45) is 9.98 Å². The van der Waals surface area contributed by atoms with Crippen molar-refractivity contribution in [2.75, 3.05) is 20.0 Å². The van der Waals surface area contributed by atoms with Crippen LogP contribution < -0.4 is 0 Å². The summed E-state index contributed by atoms with van der Waals surface area (Å²) in [5, 5.41) is 8.75. The third kappa shape index (κ3) is 2.97. The van der Waals surface area contributed by atoms with Gasteiger partial charge in [-0.05, 0) is 6.08 Å². The fraction of sp³-hybridized carbons (Fsp3) is 0.333. The molecule has 0 aromatic carbocycles. The summed E-state index contributed by atoms with van der Waals surface area (Å²) in [6, 6.07) is 0. The van der Waals surface area contributed by atoms with Crippen LogP contribution in [0.15, 0.2) is 33.5 Å². The molecule has 1 heterocycles. The molecule has 0 saturated heterocycles. The van der Waals surface area contributed by atoms with E-state index in [0.717, 1.165) is 11.8 Å². The molecule has 0 aromatic rings. The van der Waals surface area contributed by atoms with Gasteiger partial charge in [-0.2, -0.15) is 4.99 Å². The number of carbonyl (C=O) groups is 2. The Morgan fingerprint density at radius 1 is 1.45 bits per heavy atom. The number of thioether (sulfide) groups is 1. The monoisotopic (exact) mass is 296 g/mol. The topological polar surface area (TPSA) is 97.5 Å². The van der Waals surface area contributed by atoms with Crippen LogP contribution >= 0.6 is 11.8 Å². The van der Waals surface area contributed by atoms with Gasteiger partial charge in [0.25, 0.3) is 5.91 Å². The molecule has 20 heavy (non-hydrogen) atoms. The first-order valence-corrected chi connectivity index (χ1v) is 6.60. The van der Waals surface area contributed by atoms with Gasteiger partial charge < -0.3 is 14.6 Å². The van der Waals surface area contributed by atoms with Crippen molar-refractivity contribution in [2.45, 2.75) is 6.10 Å². The van der Waals surface area contributed by atoms with Crippen molar-refractivity contribution in [3.05, 3.63) is 23.5 Å². The lowest BCUT2D eigenvalue weighted by Crippen LogP contribution is -2.27. The average Bonchev–Trinajstić information content (AvgIpc) is 2.43. The van der Waals surface area contributed by atoms with Gasteiger partial charge >= 0.3 is 5.97 Å². The SMILES string of the molecule is COC1=CC2=NC(SCC(=O)O)=NC(=O)C2=CC1OC. The Balaban J connectivity index is 2.28. The molecule has 0 fully saturated rings. The largest absolute Gasteiger partial charge is 0.498 e. The number of fused-ring (bicyclic) bond motifs is 1. The first kappa shape index (κ1) is 14.5. The molecule has 1 N–H and O–H groups in total. The summed E-state index contributed by atoms with van der Waals surface area (Å²) >= 11 is 0.894. The summed E-state index contributed by atoms with van der Waals surface area (Å²) in [7, 11) is 3.00. The van der Waals surface area contributed by atoms with E-state index in [1.54, 1.807) is 12.2 Å². The van der Waals surface area contributed by atoms with Crippen LogP contribution in [0.1, 0.15) is 0 Å². The zero-order valence-corrected chi connectivity index (χ0v) is 11.6. The molecule has 7 nitrogen and oxygen atoms in total. The van der Waals surface area contributed by atoms with E-state index in [1.807, 2.05) is 0 Å². The Bertz CT molecular complexity index is 576. The Hall–Kier alpha value is -1.93. The van der Waals surface area contributed by atoms with Gasteiger partial charge in [-0.25, -0.2) is 4.99 Å². The number of carboxylic acids is 1. The van der Waals surface area contributed by atoms with Gasteiger partial charge in [-0.15, -0.1) is 0 Å². The molecule has 0 bridgehead atoms. The molecule has 106 valence electrons. The second kappa shape index (κ2) is 6.02. The minimum Gasteiger partial charge on any atom is -0.498 e. The lowest BCUT2D eigenvalue weighted by Gasteiger charge is -2.22. The van der Waals surface area contributed by atoms with Gasteiger partial charge in [0, 0.05) is 13.2 Å². The van der Waals surface area contributed by atoms with Crippen molar-refractivity contribution < 1.29 is 24.2 Å². The number of rotatable bonds is 4. The van der Waals surface area contributed by atoms with E-state index in [-0.39, 0.29) is 10.9 Å². The summed E-state index contributed by atoms with van der Waals surface area (Å²) in [6.07, 6.45) is 2.72. The van der Waals surface area contributed by atoms with Gasteiger partial charge in [0.2, 0.25) is 0 Å². The molecule has 2 aliphatic rings. The quantitative estimate of drug-likeness (QED) is 0.817. The van der Waals surface area contributed by atoms with Gasteiger partial charge in [-0.1, -0.05) is 11.8 Å². The number of aliphatic carboxylic acids is 1. The molecule has 1 unspecified atom stereocenters. The third-order valence-corrected chi connectivity index (χ3v) is 3.44. The Labute approximate surface area is 119 Å². The number of methoxy groups -OCH3 is 2. The molecular formula is C12H12N2O5S. The molecular weight excluding hydrogens is 284 g/mol. The highest BCUT2D eigenvalue weighted by Gasteiger charge is 2.29. The minimum atomic E-state index is -0.997. The number of nitrogens with zero attached hydrogens (tertiary/aromatic N) is 2. The summed E-state index contributed by atoms with van der Waals surface area (Å²) in [6.45, 7) is 0. The van der Waals surface area contributed by atoms with Crippen molar-refractivity contribution in [1.82, 2.24) is 0 Å². The molecule has 1 aliphatic heterocycles. The molecule has 8 heteroatoms. The number of ether oxygens (including phenoxy) is 2. The Kier molecular flexibility index (Phi) is 4.35. The van der Waals surface area contributed by atoms with Gasteiger partial charge in [-0.3, -0.25) is 9.59 Å². The molecule has 0 saturated carbocycles. The van der Waals surface area contributed by atoms with Crippen LogP contribution in [0.2, 0.25) is 0 Å². The van der Waals surface area contributed by atoms with Crippen LogP contribution in [-0.2, 0) is 19.1 Å². The number of hydrogen-bond acceptors (Lipinski definition) is 6. The first-order chi connectivity index (χ1) is 9.55. The second-order valence-electron chi connectivity index (χ2n) is 3.87. The highest BCUT2D eigenvalue weighted by Crippen LogP contribution is 2.24. The zero-order valence-electron chi connectivity index (χ0n) is 10.8. The van der Waals surface area contributed by atoms with Crippen molar-refractivity contribution in [1.29, 1.82) is 0 Å². The standard InChI is InChI=1S/C12H12N2O5S/c1-18-8-3-6-7(4-9(8)19-2)13-12(14-11(6)17)20-5-10(15)16/h3-4,8H,5H2,1-2H3,(H,15,16). The van der Waals surface area contributed by atoms with Crippen molar-refractivity contribution in [3.63, 3.8) is 0 Å². The predicted octanol–water partition coefficient (Wildman–Crippen LogP) is 0.627. The second-order valence-corrected chi connectivity index (χ2v) is 4.81. The van der Waals surface area contributed by atoms with Crippen LogP contribution in [0.25, 0.3) is 0 Å². The maximum atomic E-state index is 11.9. The number of amidine groups is 1. The number of aliphatic imine (C=N–C) groups is 2. The lowest BCUT2D eigenvalue weighted by atomic mass is 9.99. The lowest BCUT2D eigenvalue weighted by molar-refractivity contribution is -0.133. The number of hydrogen-bond donors (Lipinski definition) is 1. The van der Waals surface area contributed by atoms with Crippen LogP contribution in [0.3, 0.4) is 0 Å². The van der Waals surface area contributed by atoms with E-state index in [9.17, 15) is 9.59 Å². The molecule has 0 spiro atoms. The normalized spacial score (nSPS) is 21.3. The fourth-order valence-corrected chi connectivity index (χ4v) is 2.28. The van der Waals surface area contributed by atoms with E-state index < -0.39 is 18.0 Å². The summed E-state index contributed by atoms with van der Waals surface area (Å²) < 4.78 is 10.4. The molecule has 2 rings (SSSR count). The molecule has 0 aromatic heterocycles. The van der Waals surface area contributed by atoms with E-state index in [1.165, 1.54) is 14.2 Å². The fourth-order valence-electron chi connectivity index (χ4n) is 1.71. The van der Waals surface area contributed by atoms with E-state index in [0.29, 0.717) is 17.0 Å². The van der Waals surface area contributed by atoms with E-state index in [2.05, 4.69) is 9.98 Å². The first-order valence-electron chi connectivity index (χ1n) is 5.62. The van der Waals surface area contributed by atoms with Gasteiger partial charge in [0.05, 0.1) is 24.1 Å². The predicted molar refractivity (Wildman–Crippen MR) is 73.9 cm³/mol. The number of carbonyl (C=O) groups excluding carboxylic acids is 1. The Morgan fingerprint density at radius 3 is 2.80 bits per heavy atom. The molecule has 1 atom stereocenters. The molecule has 1 amide bonds. The van der Waals surface area contributed by atoms with Crippen LogP contribution in [0.5, 0.6) is 0 Å². The summed E-state index contributed by atoms with van der Waals surface area (Å²) in [5.41, 5.74) is 0.736. The van der Waals surface area contributed by atoms with Crippen LogP contribution in [0.4, 0.5) is 0 Å². The van der Waals surface area contributed by atoms with Crippen LogP contribution in [-0.4, -0.2) is 53.9 Å². The maximum absolute atomic E-state index is 11.9. The van der Waals surface area contributed by atoms with Crippen molar-refractivity contribution >= 4 is 34.5 Å². The molecule has 0 radical (unpaired) electrons. The van der Waals surface area contributed by atoms with E-state index in [4.69, 9.17) is 14.6 Å². The third-order valence-electron chi connectivity index (χ3n) is 2.61. The average molecular weight is 296 g/mol. The number of allylic oxidation sites excluding steroid dienone is 1. The summed E-state index contributed by atoms with van der Waals surface area (Å²) in [4.78, 5) is 30.3. The highest BCUT2D eigenvalue weighted by atomic mass is 32.2. The smallest absolute Gasteiger partial charge is 0.313 e. The highest BCUT2D eigenvalue weighted by molar-refractivity contribution is 8.14. The summed E-state index contributed by atoms with van der Waals surface area (Å²) in [5.74, 6) is -1.14. The van der Waals surface area contributed by atoms with E-state index >= 15 is 0 Å².